The molecule has 0 unspecified atom stereocenters. The summed E-state index contributed by atoms with van der Waals surface area (Å²) >= 11 is 3.24. The predicted molar refractivity (Wildman–Crippen MR) is 70.3 cm³/mol. The number of nitrogens with zero attached hydrogens (tertiary/aromatic N) is 1. The minimum Gasteiger partial charge on any atom is -0.489 e. The highest BCUT2D eigenvalue weighted by Crippen LogP contribution is 2.22. The van der Waals surface area contributed by atoms with Gasteiger partial charge < -0.3 is 9.30 Å². The molecule has 18 heavy (non-hydrogen) atoms. The Kier molecular flexibility index (Phi) is 4.15. The zero-order valence-electron chi connectivity index (χ0n) is 9.48. The van der Waals surface area contributed by atoms with Crippen LogP contribution in [0.4, 0.5) is 4.39 Å². The fourth-order valence-electron chi connectivity index (χ4n) is 1.49. The standard InChI is InChI=1S/C13H11BrFNO2/c14-10-4-5-11(15)12(9-10)18-8-7-16-6-2-1-3-13(16)17/h1-6,9H,7-8H2. The first-order valence-electron chi connectivity index (χ1n) is 5.40. The summed E-state index contributed by atoms with van der Waals surface area (Å²) in [5, 5.41) is 0. The lowest BCUT2D eigenvalue weighted by Gasteiger charge is -2.09. The molecule has 0 aliphatic heterocycles. The van der Waals surface area contributed by atoms with Crippen molar-refractivity contribution in [3.05, 3.63) is 63.2 Å². The van der Waals surface area contributed by atoms with E-state index in [4.69, 9.17) is 4.74 Å². The van der Waals surface area contributed by atoms with Crippen molar-refractivity contribution in [2.75, 3.05) is 6.61 Å². The number of hydrogen-bond acceptors (Lipinski definition) is 2. The van der Waals surface area contributed by atoms with E-state index in [0.29, 0.717) is 6.54 Å². The van der Waals surface area contributed by atoms with Crippen molar-refractivity contribution in [2.24, 2.45) is 0 Å². The maximum Gasteiger partial charge on any atom is 0.250 e. The van der Waals surface area contributed by atoms with E-state index in [1.54, 1.807) is 30.5 Å². The maximum absolute atomic E-state index is 13.4. The highest BCUT2D eigenvalue weighted by Gasteiger charge is 2.03. The van der Waals surface area contributed by atoms with Crippen LogP contribution in [0.25, 0.3) is 0 Å². The Balaban J connectivity index is 1.99. The van der Waals surface area contributed by atoms with Crippen molar-refractivity contribution in [3.63, 3.8) is 0 Å². The molecule has 3 nitrogen and oxygen atoms in total. The molecule has 0 saturated heterocycles. The first kappa shape index (κ1) is 12.8. The second-order valence-corrected chi connectivity index (χ2v) is 4.57. The minimum absolute atomic E-state index is 0.101. The Morgan fingerprint density at radius 2 is 2.11 bits per heavy atom. The second-order valence-electron chi connectivity index (χ2n) is 3.66. The molecule has 1 aromatic carbocycles. The van der Waals surface area contributed by atoms with Gasteiger partial charge in [-0.1, -0.05) is 22.0 Å². The van der Waals surface area contributed by atoms with Gasteiger partial charge in [-0.2, -0.15) is 0 Å². The van der Waals surface area contributed by atoms with Gasteiger partial charge in [-0.25, -0.2) is 4.39 Å². The summed E-state index contributed by atoms with van der Waals surface area (Å²) in [6.45, 7) is 0.614. The van der Waals surface area contributed by atoms with Crippen LogP contribution in [0.2, 0.25) is 0 Å². The summed E-state index contributed by atoms with van der Waals surface area (Å²) < 4.78 is 20.9. The molecule has 0 bridgehead atoms. The Hall–Kier alpha value is -1.62. The van der Waals surface area contributed by atoms with Crippen molar-refractivity contribution in [2.45, 2.75) is 6.54 Å². The van der Waals surface area contributed by atoms with Crippen molar-refractivity contribution in [1.29, 1.82) is 0 Å². The van der Waals surface area contributed by atoms with Crippen LogP contribution in [0.15, 0.2) is 51.9 Å². The third kappa shape index (κ3) is 3.20. The summed E-state index contributed by atoms with van der Waals surface area (Å²) in [5.41, 5.74) is -0.101. The van der Waals surface area contributed by atoms with Gasteiger partial charge in [0, 0.05) is 16.7 Å². The molecule has 0 amide bonds. The average Bonchev–Trinajstić information content (AvgIpc) is 2.36. The van der Waals surface area contributed by atoms with Gasteiger partial charge in [0.1, 0.15) is 6.61 Å². The largest absolute Gasteiger partial charge is 0.489 e. The Morgan fingerprint density at radius 3 is 2.89 bits per heavy atom. The average molecular weight is 312 g/mol. The first-order chi connectivity index (χ1) is 8.66. The summed E-state index contributed by atoms with van der Waals surface area (Å²) in [6.07, 6.45) is 1.67. The van der Waals surface area contributed by atoms with Crippen LogP contribution in [0, 0.1) is 5.82 Å². The molecular formula is C13H11BrFNO2. The van der Waals surface area contributed by atoms with Crippen molar-refractivity contribution < 1.29 is 9.13 Å². The molecule has 0 atom stereocenters. The Labute approximate surface area is 112 Å². The van der Waals surface area contributed by atoms with Crippen LogP contribution >= 0.6 is 15.9 Å². The number of pyridine rings is 1. The number of aromatic nitrogens is 1. The zero-order valence-corrected chi connectivity index (χ0v) is 11.1. The van der Waals surface area contributed by atoms with Crippen LogP contribution in [0.1, 0.15) is 0 Å². The first-order valence-corrected chi connectivity index (χ1v) is 6.19. The molecular weight excluding hydrogens is 301 g/mol. The number of benzene rings is 1. The third-order valence-corrected chi connectivity index (χ3v) is 2.88. The SMILES string of the molecule is O=c1ccccn1CCOc1cc(Br)ccc1F. The Morgan fingerprint density at radius 1 is 1.28 bits per heavy atom. The molecule has 2 aromatic rings. The fraction of sp³-hybridized carbons (Fsp3) is 0.154. The number of hydrogen-bond donors (Lipinski definition) is 0. The highest BCUT2D eigenvalue weighted by atomic mass is 79.9. The number of halogens is 2. The van der Waals surface area contributed by atoms with Crippen LogP contribution in [0.5, 0.6) is 5.75 Å². The smallest absolute Gasteiger partial charge is 0.250 e. The van der Waals surface area contributed by atoms with Crippen molar-refractivity contribution in [3.8, 4) is 5.75 Å². The molecule has 0 radical (unpaired) electrons. The van der Waals surface area contributed by atoms with Crippen LogP contribution in [0.3, 0.4) is 0 Å². The monoisotopic (exact) mass is 311 g/mol. The summed E-state index contributed by atoms with van der Waals surface area (Å²) in [7, 11) is 0. The lowest BCUT2D eigenvalue weighted by atomic mass is 10.3. The minimum atomic E-state index is -0.418. The number of rotatable bonds is 4. The predicted octanol–water partition coefficient (Wildman–Crippen LogP) is 2.83. The molecule has 0 aliphatic carbocycles. The van der Waals surface area contributed by atoms with E-state index in [2.05, 4.69) is 15.9 Å². The molecule has 5 heteroatoms. The second kappa shape index (κ2) is 5.82. The van der Waals surface area contributed by atoms with E-state index < -0.39 is 5.82 Å². The highest BCUT2D eigenvalue weighted by molar-refractivity contribution is 9.10. The van der Waals surface area contributed by atoms with Gasteiger partial charge in [-0.15, -0.1) is 0 Å². The van der Waals surface area contributed by atoms with E-state index in [-0.39, 0.29) is 17.9 Å². The van der Waals surface area contributed by atoms with Crippen LogP contribution in [-0.2, 0) is 6.54 Å². The molecule has 0 fully saturated rings. The van der Waals surface area contributed by atoms with E-state index >= 15 is 0 Å². The van der Waals surface area contributed by atoms with Gasteiger partial charge in [0.2, 0.25) is 0 Å². The summed E-state index contributed by atoms with van der Waals surface area (Å²) in [4.78, 5) is 11.4. The molecule has 0 aliphatic rings. The van der Waals surface area contributed by atoms with E-state index in [1.165, 1.54) is 16.7 Å². The third-order valence-electron chi connectivity index (χ3n) is 2.38. The molecule has 2 rings (SSSR count). The van der Waals surface area contributed by atoms with Gasteiger partial charge in [0.25, 0.3) is 5.56 Å². The topological polar surface area (TPSA) is 31.2 Å². The van der Waals surface area contributed by atoms with Crippen molar-refractivity contribution >= 4 is 15.9 Å². The van der Waals surface area contributed by atoms with E-state index in [0.717, 1.165) is 4.47 Å². The molecule has 1 heterocycles. The van der Waals surface area contributed by atoms with Crippen LogP contribution in [-0.4, -0.2) is 11.2 Å². The summed E-state index contributed by atoms with van der Waals surface area (Å²) in [5.74, 6) is -0.244. The lowest BCUT2D eigenvalue weighted by Crippen LogP contribution is -2.21. The van der Waals surface area contributed by atoms with E-state index in [1.807, 2.05) is 0 Å². The Bertz CT molecular complexity index is 598. The molecule has 94 valence electrons. The van der Waals surface area contributed by atoms with E-state index in [9.17, 15) is 9.18 Å². The van der Waals surface area contributed by atoms with Gasteiger partial charge in [0.15, 0.2) is 11.6 Å². The quantitative estimate of drug-likeness (QED) is 0.869. The fourth-order valence-corrected chi connectivity index (χ4v) is 1.83. The molecule has 0 spiro atoms. The van der Waals surface area contributed by atoms with Crippen LogP contribution < -0.4 is 10.3 Å². The maximum atomic E-state index is 13.4. The van der Waals surface area contributed by atoms with Gasteiger partial charge in [-0.05, 0) is 24.3 Å². The molecule has 1 aromatic heterocycles. The molecule has 0 N–H and O–H groups in total. The van der Waals surface area contributed by atoms with Gasteiger partial charge in [-0.3, -0.25) is 4.79 Å². The normalized spacial score (nSPS) is 10.3. The molecule has 0 saturated carbocycles. The zero-order chi connectivity index (χ0) is 13.0. The lowest BCUT2D eigenvalue weighted by molar-refractivity contribution is 0.282. The summed E-state index contributed by atoms with van der Waals surface area (Å²) in [6, 6.07) is 9.40. The van der Waals surface area contributed by atoms with Gasteiger partial charge >= 0.3 is 0 Å². The van der Waals surface area contributed by atoms with Crippen molar-refractivity contribution in [1.82, 2.24) is 4.57 Å². The number of ether oxygens (including phenoxy) is 1. The van der Waals surface area contributed by atoms with Gasteiger partial charge in [0.05, 0.1) is 6.54 Å².